The van der Waals surface area contributed by atoms with Crippen molar-refractivity contribution in [2.75, 3.05) is 0 Å². The van der Waals surface area contributed by atoms with Crippen molar-refractivity contribution in [3.8, 4) is 0 Å². The zero-order valence-corrected chi connectivity index (χ0v) is 11.9. The molecular weight excluding hydrogens is 291 g/mol. The van der Waals surface area contributed by atoms with Crippen LogP contribution in [0.1, 0.15) is 43.7 Å². The minimum atomic E-state index is -1.11. The van der Waals surface area contributed by atoms with Gasteiger partial charge in [0.2, 0.25) is 0 Å². The first-order chi connectivity index (χ1) is 8.87. The average Bonchev–Trinajstić information content (AvgIpc) is 2.89. The first kappa shape index (κ1) is 13.6. The molecule has 1 nitrogen and oxygen atoms in total. The summed E-state index contributed by atoms with van der Waals surface area (Å²) in [6.45, 7) is 0. The molecule has 3 rings (SSSR count). The molecule has 0 radical (unpaired) electrons. The largest absolute Gasteiger partial charge is 0.323 e. The fourth-order valence-corrected chi connectivity index (χ4v) is 4.17. The van der Waals surface area contributed by atoms with Crippen LogP contribution >= 0.6 is 23.2 Å². The van der Waals surface area contributed by atoms with E-state index in [0.29, 0.717) is 32.1 Å². The van der Waals surface area contributed by atoms with Crippen LogP contribution in [0.15, 0.2) is 12.1 Å². The second-order valence-corrected chi connectivity index (χ2v) is 6.71. The third kappa shape index (κ3) is 1.98. The highest BCUT2D eigenvalue weighted by molar-refractivity contribution is 6.42. The van der Waals surface area contributed by atoms with Gasteiger partial charge in [0, 0.05) is 11.6 Å². The minimum absolute atomic E-state index is 0.159. The zero-order valence-electron chi connectivity index (χ0n) is 10.4. The number of nitrogens with two attached hydrogens (primary N) is 1. The standard InChI is InChI=1S/C14H15Cl2F2N/c15-8-1-2-9(17)10(11(8)16)12(19)13-3-5-14(18,7-13)6-4-13/h1-2,12H,3-7,19H2. The molecule has 0 saturated heterocycles. The number of halogens is 4. The molecule has 1 aromatic carbocycles. The van der Waals surface area contributed by atoms with Crippen LogP contribution < -0.4 is 5.73 Å². The summed E-state index contributed by atoms with van der Waals surface area (Å²) in [5.41, 5.74) is 5.01. The van der Waals surface area contributed by atoms with Crippen LogP contribution in [0, 0.1) is 11.2 Å². The average molecular weight is 306 g/mol. The van der Waals surface area contributed by atoms with Gasteiger partial charge in [-0.25, -0.2) is 8.78 Å². The Morgan fingerprint density at radius 1 is 1.16 bits per heavy atom. The summed E-state index contributed by atoms with van der Waals surface area (Å²) in [7, 11) is 0. The summed E-state index contributed by atoms with van der Waals surface area (Å²) in [4.78, 5) is 0. The van der Waals surface area contributed by atoms with Gasteiger partial charge >= 0.3 is 0 Å². The van der Waals surface area contributed by atoms with Crippen molar-refractivity contribution in [2.45, 2.75) is 43.8 Å². The Morgan fingerprint density at radius 2 is 1.79 bits per heavy atom. The van der Waals surface area contributed by atoms with Crippen molar-refractivity contribution >= 4 is 23.2 Å². The van der Waals surface area contributed by atoms with Gasteiger partial charge in [-0.05, 0) is 49.7 Å². The van der Waals surface area contributed by atoms with Gasteiger partial charge in [-0.1, -0.05) is 23.2 Å². The lowest BCUT2D eigenvalue weighted by molar-refractivity contribution is 0.175. The molecule has 2 aliphatic rings. The first-order valence-corrected chi connectivity index (χ1v) is 7.20. The molecule has 2 fully saturated rings. The van der Waals surface area contributed by atoms with E-state index in [4.69, 9.17) is 28.9 Å². The quantitative estimate of drug-likeness (QED) is 0.780. The Hall–Kier alpha value is -0.380. The lowest BCUT2D eigenvalue weighted by Crippen LogP contribution is -2.32. The smallest absolute Gasteiger partial charge is 0.129 e. The van der Waals surface area contributed by atoms with Crippen molar-refractivity contribution in [3.05, 3.63) is 33.6 Å². The molecule has 0 heterocycles. The maximum atomic E-state index is 14.3. The topological polar surface area (TPSA) is 26.0 Å². The van der Waals surface area contributed by atoms with Crippen LogP contribution in [0.5, 0.6) is 0 Å². The highest BCUT2D eigenvalue weighted by atomic mass is 35.5. The van der Waals surface area contributed by atoms with E-state index in [1.54, 1.807) is 0 Å². The van der Waals surface area contributed by atoms with Gasteiger partial charge in [0.25, 0.3) is 0 Å². The van der Waals surface area contributed by atoms with E-state index in [2.05, 4.69) is 0 Å². The first-order valence-electron chi connectivity index (χ1n) is 6.45. The SMILES string of the molecule is NC(c1c(F)ccc(Cl)c1Cl)C12CCC(F)(CC1)C2. The van der Waals surface area contributed by atoms with Crippen molar-refractivity contribution in [1.29, 1.82) is 0 Å². The van der Waals surface area contributed by atoms with Crippen molar-refractivity contribution in [2.24, 2.45) is 11.1 Å². The Kier molecular flexibility index (Phi) is 3.08. The van der Waals surface area contributed by atoms with Crippen LogP contribution in [0.4, 0.5) is 8.78 Å². The predicted octanol–water partition coefficient (Wildman–Crippen LogP) is 4.80. The van der Waals surface area contributed by atoms with Gasteiger partial charge < -0.3 is 5.73 Å². The maximum absolute atomic E-state index is 14.3. The highest BCUT2D eigenvalue weighted by Crippen LogP contribution is 2.63. The second kappa shape index (κ2) is 4.31. The molecule has 104 valence electrons. The molecule has 0 aliphatic heterocycles. The molecule has 2 N–H and O–H groups in total. The number of hydrogen-bond donors (Lipinski definition) is 1. The fourth-order valence-electron chi connectivity index (χ4n) is 3.74. The summed E-state index contributed by atoms with van der Waals surface area (Å²) in [6, 6.07) is 2.08. The number of rotatable bonds is 2. The summed E-state index contributed by atoms with van der Waals surface area (Å²) in [6.07, 6.45) is 2.81. The molecule has 2 saturated carbocycles. The molecule has 19 heavy (non-hydrogen) atoms. The van der Waals surface area contributed by atoms with E-state index in [1.807, 2.05) is 0 Å². The predicted molar refractivity (Wildman–Crippen MR) is 72.7 cm³/mol. The van der Waals surface area contributed by atoms with Crippen LogP contribution in [-0.2, 0) is 0 Å². The number of alkyl halides is 1. The molecule has 1 aromatic rings. The van der Waals surface area contributed by atoms with Crippen molar-refractivity contribution in [3.63, 3.8) is 0 Å². The lowest BCUT2D eigenvalue weighted by atomic mass is 9.75. The Labute approximate surface area is 121 Å². The van der Waals surface area contributed by atoms with Crippen LogP contribution in [0.2, 0.25) is 10.0 Å². The van der Waals surface area contributed by atoms with E-state index in [9.17, 15) is 8.78 Å². The van der Waals surface area contributed by atoms with Crippen molar-refractivity contribution in [1.82, 2.24) is 0 Å². The van der Waals surface area contributed by atoms with Gasteiger partial charge in [-0.3, -0.25) is 0 Å². The normalized spacial score (nSPS) is 34.8. The summed E-state index contributed by atoms with van der Waals surface area (Å²) >= 11 is 12.0. The molecule has 1 atom stereocenters. The second-order valence-electron chi connectivity index (χ2n) is 5.92. The molecule has 5 heteroatoms. The molecular formula is C14H15Cl2F2N. The van der Waals surface area contributed by atoms with E-state index >= 15 is 0 Å². The third-order valence-electron chi connectivity index (χ3n) is 4.86. The Bertz CT molecular complexity index is 524. The van der Waals surface area contributed by atoms with Crippen LogP contribution in [-0.4, -0.2) is 5.67 Å². The molecule has 0 aromatic heterocycles. The Morgan fingerprint density at radius 3 is 2.32 bits per heavy atom. The van der Waals surface area contributed by atoms with Crippen LogP contribution in [0.25, 0.3) is 0 Å². The summed E-state index contributed by atoms with van der Waals surface area (Å²) in [5.74, 6) is -0.459. The highest BCUT2D eigenvalue weighted by Gasteiger charge is 2.58. The number of benzene rings is 1. The maximum Gasteiger partial charge on any atom is 0.129 e. The molecule has 0 spiro atoms. The fraction of sp³-hybridized carbons (Fsp3) is 0.571. The van der Waals surface area contributed by atoms with Gasteiger partial charge in [0.1, 0.15) is 11.5 Å². The number of fused-ring (bicyclic) bond motifs is 2. The van der Waals surface area contributed by atoms with E-state index < -0.39 is 17.5 Å². The van der Waals surface area contributed by atoms with Crippen molar-refractivity contribution < 1.29 is 8.78 Å². The van der Waals surface area contributed by atoms with Gasteiger partial charge in [0.05, 0.1) is 10.0 Å². The molecule has 0 amide bonds. The zero-order chi connectivity index (χ0) is 13.8. The van der Waals surface area contributed by atoms with E-state index in [1.165, 1.54) is 12.1 Å². The molecule has 2 aliphatic carbocycles. The monoisotopic (exact) mass is 305 g/mol. The minimum Gasteiger partial charge on any atom is -0.323 e. The summed E-state index contributed by atoms with van der Waals surface area (Å²) in [5, 5.41) is 0.444. The van der Waals surface area contributed by atoms with E-state index in [-0.39, 0.29) is 21.0 Å². The van der Waals surface area contributed by atoms with Gasteiger partial charge in [0.15, 0.2) is 0 Å². The van der Waals surface area contributed by atoms with Gasteiger partial charge in [-0.2, -0.15) is 0 Å². The summed E-state index contributed by atoms with van der Waals surface area (Å²) < 4.78 is 28.3. The van der Waals surface area contributed by atoms with E-state index in [0.717, 1.165) is 0 Å². The Balaban J connectivity index is 2.02. The lowest BCUT2D eigenvalue weighted by Gasteiger charge is -2.34. The van der Waals surface area contributed by atoms with Crippen LogP contribution in [0.3, 0.4) is 0 Å². The third-order valence-corrected chi connectivity index (χ3v) is 5.68. The molecule has 1 unspecified atom stereocenters. The van der Waals surface area contributed by atoms with Gasteiger partial charge in [-0.15, -0.1) is 0 Å². The molecule has 2 bridgehead atoms. The number of hydrogen-bond acceptors (Lipinski definition) is 1.